The fraction of sp³-hybridized carbons (Fsp3) is 0.526. The number of aliphatic hydroxyl groups is 3. The number of nitrogens with one attached hydrogen (secondary N) is 1. The Balaban J connectivity index is 1.19. The fourth-order valence-electron chi connectivity index (χ4n) is 4.81. The summed E-state index contributed by atoms with van der Waals surface area (Å²) >= 11 is 0. The number of nitrogen functional groups attached to an aromatic ring is 1. The zero-order valence-electron chi connectivity index (χ0n) is 21.8. The minimum absolute atomic E-state index is 0.0104. The van der Waals surface area contributed by atoms with Gasteiger partial charge in [0.25, 0.3) is 5.56 Å². The van der Waals surface area contributed by atoms with Crippen LogP contribution in [0.3, 0.4) is 0 Å². The van der Waals surface area contributed by atoms with Gasteiger partial charge in [0.05, 0.1) is 19.3 Å². The molecular weight excluding hydrogens is 638 g/mol. The minimum atomic E-state index is -5.12. The van der Waals surface area contributed by atoms with E-state index in [-0.39, 0.29) is 28.1 Å². The van der Waals surface area contributed by atoms with Crippen LogP contribution >= 0.6 is 16.1 Å². The summed E-state index contributed by atoms with van der Waals surface area (Å²) in [6.45, 7) is -1.41. The molecule has 4 aromatic heterocycles. The Morgan fingerprint density at radius 2 is 1.66 bits per heavy atom. The standard InChI is InChI=1S/C19H22N10O13P2/c20-14-8-15(22-3-21-14)28(4-23-8)19-13(11(31)6(41-19)1-38-43(34)35)42-44(36,37)39-2-7-10(30)12(32)18(40-7)29-5-24-9-16(29)25-27-26-17(9)33/h3-7,10-13,18-19,30-32H,1-2H2,(H4-,20,21,22,25,26,33,34,35,36,37)/p+1/t6-,7-,10-,11-,12-,13-,18-,19-/m1/s1. The van der Waals surface area contributed by atoms with E-state index in [1.165, 1.54) is 10.9 Å². The van der Waals surface area contributed by atoms with Gasteiger partial charge in [-0.2, -0.15) is 0 Å². The van der Waals surface area contributed by atoms with Crippen molar-refractivity contribution in [2.45, 2.75) is 49.1 Å². The number of hydrogen-bond donors (Lipinski definition) is 7. The van der Waals surface area contributed by atoms with Crippen LogP contribution in [0.15, 0.2) is 23.8 Å². The molecule has 4 aromatic rings. The van der Waals surface area contributed by atoms with Gasteiger partial charge in [-0.15, -0.1) is 14.5 Å². The monoisotopic (exact) mass is 661 g/mol. The molecule has 0 spiro atoms. The highest BCUT2D eigenvalue weighted by atomic mass is 31.2. The second kappa shape index (κ2) is 11.8. The molecule has 2 unspecified atom stereocenters. The normalized spacial score (nSPS) is 30.7. The van der Waals surface area contributed by atoms with Crippen LogP contribution in [0.25, 0.3) is 22.3 Å². The smallest absolute Gasteiger partial charge is 0.387 e. The summed E-state index contributed by atoms with van der Waals surface area (Å²) in [5.41, 5.74) is 5.24. The van der Waals surface area contributed by atoms with E-state index < -0.39 is 83.9 Å². The van der Waals surface area contributed by atoms with Crippen molar-refractivity contribution in [3.63, 3.8) is 0 Å². The first-order chi connectivity index (χ1) is 20.9. The molecule has 236 valence electrons. The molecule has 23 nitrogen and oxygen atoms in total. The van der Waals surface area contributed by atoms with E-state index in [0.717, 1.165) is 17.2 Å². The van der Waals surface area contributed by atoms with E-state index in [1.54, 1.807) is 0 Å². The molecular formula is C19H23N10O13P2+. The first-order valence-electron chi connectivity index (χ1n) is 12.5. The van der Waals surface area contributed by atoms with Crippen molar-refractivity contribution in [3.8, 4) is 0 Å². The van der Waals surface area contributed by atoms with Crippen LogP contribution in [0.2, 0.25) is 0 Å². The number of rotatable bonds is 10. The van der Waals surface area contributed by atoms with Crippen LogP contribution in [0.4, 0.5) is 5.82 Å². The van der Waals surface area contributed by atoms with E-state index >= 15 is 0 Å². The van der Waals surface area contributed by atoms with E-state index in [9.17, 15) is 34.1 Å². The van der Waals surface area contributed by atoms with Gasteiger partial charge in [0.1, 0.15) is 55.1 Å². The molecule has 0 aromatic carbocycles. The van der Waals surface area contributed by atoms with E-state index in [4.69, 9.17) is 29.1 Å². The van der Waals surface area contributed by atoms with Crippen LogP contribution in [0, 0.1) is 0 Å². The number of H-pyrrole nitrogens is 1. The van der Waals surface area contributed by atoms with Crippen LogP contribution < -0.4 is 11.3 Å². The summed E-state index contributed by atoms with van der Waals surface area (Å²) < 4.78 is 52.9. The number of ether oxygens (including phenoxy) is 2. The minimum Gasteiger partial charge on any atom is -0.387 e. The third-order valence-corrected chi connectivity index (χ3v) is 8.23. The highest BCUT2D eigenvalue weighted by molar-refractivity contribution is 7.47. The predicted molar refractivity (Wildman–Crippen MR) is 138 cm³/mol. The Labute approximate surface area is 243 Å². The van der Waals surface area contributed by atoms with E-state index in [2.05, 4.69) is 39.9 Å². The molecule has 2 fully saturated rings. The van der Waals surface area contributed by atoms with Gasteiger partial charge in [-0.1, -0.05) is 5.21 Å². The molecule has 2 aliphatic heterocycles. The Bertz CT molecular complexity index is 1800. The number of phosphoric ester groups is 1. The number of aliphatic hydroxyl groups excluding tert-OH is 3. The van der Waals surface area contributed by atoms with Crippen molar-refractivity contribution in [1.29, 1.82) is 0 Å². The molecule has 44 heavy (non-hydrogen) atoms. The van der Waals surface area contributed by atoms with Gasteiger partial charge in [-0.3, -0.25) is 23.0 Å². The average molecular weight is 661 g/mol. The summed E-state index contributed by atoms with van der Waals surface area (Å²) in [5.74, 6) is 0.0104. The van der Waals surface area contributed by atoms with Crippen molar-refractivity contribution in [3.05, 3.63) is 29.3 Å². The maximum absolute atomic E-state index is 13.1. The molecule has 2 aliphatic rings. The van der Waals surface area contributed by atoms with E-state index in [1.807, 2.05) is 0 Å². The fourth-order valence-corrected chi connectivity index (χ4v) is 6.01. The van der Waals surface area contributed by atoms with Crippen LogP contribution in [-0.2, 0) is 32.2 Å². The average Bonchev–Trinajstić information content (AvgIpc) is 3.73. The molecule has 0 saturated carbocycles. The number of nitrogens with two attached hydrogens (primary N) is 1. The van der Waals surface area contributed by atoms with Gasteiger partial charge in [-0.05, 0) is 0 Å². The van der Waals surface area contributed by atoms with Crippen molar-refractivity contribution >= 4 is 44.2 Å². The lowest BCUT2D eigenvalue weighted by molar-refractivity contribution is -0.0609. The lowest BCUT2D eigenvalue weighted by Crippen LogP contribution is -2.36. The third kappa shape index (κ3) is 5.60. The molecule has 10 atom stereocenters. The number of hydrogen-bond acceptors (Lipinski definition) is 18. The van der Waals surface area contributed by atoms with Crippen molar-refractivity contribution < 1.29 is 57.3 Å². The number of anilines is 1. The second-order valence-corrected chi connectivity index (χ2v) is 11.7. The summed E-state index contributed by atoms with van der Waals surface area (Å²) in [4.78, 5) is 47.4. The number of fused-ring (bicyclic) bond motifs is 2. The molecule has 0 radical (unpaired) electrons. The lowest BCUT2D eigenvalue weighted by Gasteiger charge is -2.24. The van der Waals surface area contributed by atoms with Crippen LogP contribution in [0.1, 0.15) is 12.5 Å². The first-order valence-corrected chi connectivity index (χ1v) is 15.1. The van der Waals surface area contributed by atoms with Gasteiger partial charge in [0, 0.05) is 4.57 Å². The zero-order valence-corrected chi connectivity index (χ0v) is 23.6. The molecule has 2 saturated heterocycles. The molecule has 6 rings (SSSR count). The molecule has 8 N–H and O–H groups in total. The van der Waals surface area contributed by atoms with Crippen molar-refractivity contribution in [2.75, 3.05) is 18.9 Å². The third-order valence-electron chi connectivity index (χ3n) is 6.87. The SMILES string of the molecule is Nc1ncnc2c1ncn2[C@@H]1O[C@H](CO[P+](=O)O)[C@@H](O)[C@H]1OP(=O)(O)OC[C@H]1O[C@@H](n2cnc3c(=O)[nH]nnc32)[C@H](O)[C@@H]1O. The molecule has 0 bridgehead atoms. The zero-order chi connectivity index (χ0) is 31.3. The Morgan fingerprint density at radius 3 is 2.41 bits per heavy atom. The van der Waals surface area contributed by atoms with Gasteiger partial charge < -0.3 is 35.4 Å². The largest absolute Gasteiger partial charge is 0.694 e. The Kier molecular flexibility index (Phi) is 8.21. The highest BCUT2D eigenvalue weighted by Gasteiger charge is 2.51. The second-order valence-electron chi connectivity index (χ2n) is 9.52. The van der Waals surface area contributed by atoms with Crippen LogP contribution in [-0.4, -0.2) is 119 Å². The molecule has 0 aliphatic carbocycles. The van der Waals surface area contributed by atoms with Crippen molar-refractivity contribution in [2.24, 2.45) is 0 Å². The summed E-state index contributed by atoms with van der Waals surface area (Å²) in [5, 5.41) is 41.3. The van der Waals surface area contributed by atoms with Gasteiger partial charge >= 0.3 is 16.1 Å². The lowest BCUT2D eigenvalue weighted by atomic mass is 10.1. The molecule has 0 amide bonds. The van der Waals surface area contributed by atoms with E-state index in [0.29, 0.717) is 0 Å². The topological polar surface area (TPSA) is 328 Å². The maximum atomic E-state index is 13.1. The molecule has 6 heterocycles. The number of phosphoric acid groups is 1. The first kappa shape index (κ1) is 30.6. The number of imidazole rings is 2. The summed E-state index contributed by atoms with van der Waals surface area (Å²) in [7, 11) is -8.19. The number of nitrogens with zero attached hydrogens (tertiary/aromatic N) is 8. The van der Waals surface area contributed by atoms with Gasteiger partial charge in [-0.25, -0.2) is 29.6 Å². The Morgan fingerprint density at radius 1 is 0.977 bits per heavy atom. The number of aromatic amines is 1. The number of aromatic nitrogens is 9. The summed E-state index contributed by atoms with van der Waals surface area (Å²) in [6.07, 6.45) is -8.66. The maximum Gasteiger partial charge on any atom is 0.694 e. The predicted octanol–water partition coefficient (Wildman–Crippen LogP) is -3.02. The van der Waals surface area contributed by atoms with Crippen molar-refractivity contribution in [1.82, 2.24) is 44.5 Å². The quantitative estimate of drug-likeness (QED) is 0.0831. The molecule has 25 heteroatoms. The Hall–Kier alpha value is -3.44. The van der Waals surface area contributed by atoms with Gasteiger partial charge in [0.2, 0.25) is 0 Å². The highest BCUT2D eigenvalue weighted by Crippen LogP contribution is 2.50. The summed E-state index contributed by atoms with van der Waals surface area (Å²) in [6, 6.07) is 0. The van der Waals surface area contributed by atoms with Gasteiger partial charge in [0.15, 0.2) is 35.1 Å². The van der Waals surface area contributed by atoms with Crippen LogP contribution in [0.5, 0.6) is 0 Å².